The van der Waals surface area contributed by atoms with Gasteiger partial charge in [0, 0.05) is 27.2 Å². The fourth-order valence-electron chi connectivity index (χ4n) is 3.39. The van der Waals surface area contributed by atoms with Crippen LogP contribution in [0, 0.1) is 11.3 Å². The molecule has 3 aromatic carbocycles. The van der Waals surface area contributed by atoms with Gasteiger partial charge in [0.1, 0.15) is 35.5 Å². The minimum atomic E-state index is -0.439. The molecule has 3 aromatic rings. The number of benzene rings is 3. The number of hydrogen-bond donors (Lipinski definition) is 2. The van der Waals surface area contributed by atoms with E-state index in [9.17, 15) is 10.4 Å². The second-order valence-electron chi connectivity index (χ2n) is 6.86. The summed E-state index contributed by atoms with van der Waals surface area (Å²) in [7, 11) is 0. The molecule has 0 fully saturated rings. The average Bonchev–Trinajstić information content (AvgIpc) is 2.72. The van der Waals surface area contributed by atoms with Gasteiger partial charge in [-0.1, -0.05) is 41.4 Å². The van der Waals surface area contributed by atoms with Crippen molar-refractivity contribution in [2.75, 3.05) is 0 Å². The van der Waals surface area contributed by atoms with Gasteiger partial charge in [0.2, 0.25) is 5.88 Å². The smallest absolute Gasteiger partial charge is 0.205 e. The van der Waals surface area contributed by atoms with Gasteiger partial charge >= 0.3 is 0 Å². The number of nitriles is 1. The summed E-state index contributed by atoms with van der Waals surface area (Å²) in [6.07, 6.45) is 0. The summed E-state index contributed by atoms with van der Waals surface area (Å²) >= 11 is 15.7. The predicted molar refractivity (Wildman–Crippen MR) is 122 cm³/mol. The molecular weight excluding hydrogens is 503 g/mol. The minimum absolute atomic E-state index is 0.0134. The number of hydrogen-bond acceptors (Lipinski definition) is 5. The first-order valence-electron chi connectivity index (χ1n) is 9.14. The molecule has 1 heterocycles. The monoisotopic (exact) mass is 516 g/mol. The van der Waals surface area contributed by atoms with Crippen LogP contribution in [0.15, 0.2) is 70.5 Å². The van der Waals surface area contributed by atoms with E-state index >= 15 is 0 Å². The largest absolute Gasteiger partial charge is 0.508 e. The third kappa shape index (κ3) is 4.31. The van der Waals surface area contributed by atoms with Gasteiger partial charge < -0.3 is 20.3 Å². The number of allylic oxidation sites excluding steroid dienone is 1. The molecule has 0 unspecified atom stereocenters. The molecule has 4 rings (SSSR count). The first kappa shape index (κ1) is 21.4. The number of aromatic hydroxyl groups is 1. The SMILES string of the molecule is N#CC1=C(N)Oc2cc(O)ccc2[C@@H]1c1ccc(OCc2ccc(Cl)cc2Cl)c(Br)c1. The Morgan fingerprint density at radius 3 is 2.65 bits per heavy atom. The Bertz CT molecular complexity index is 1250. The number of phenols is 1. The second-order valence-corrected chi connectivity index (χ2v) is 8.56. The number of halogens is 3. The third-order valence-electron chi connectivity index (χ3n) is 4.89. The van der Waals surface area contributed by atoms with Crippen LogP contribution in [0.4, 0.5) is 0 Å². The molecule has 0 aromatic heterocycles. The van der Waals surface area contributed by atoms with Crippen LogP contribution in [0.25, 0.3) is 0 Å². The van der Waals surface area contributed by atoms with E-state index in [1.54, 1.807) is 24.3 Å². The van der Waals surface area contributed by atoms with Gasteiger partial charge in [-0.3, -0.25) is 0 Å². The Labute approximate surface area is 197 Å². The molecule has 0 bridgehead atoms. The fraction of sp³-hybridized carbons (Fsp3) is 0.0870. The van der Waals surface area contributed by atoms with Gasteiger partial charge in [0.15, 0.2) is 0 Å². The van der Waals surface area contributed by atoms with Gasteiger partial charge in [-0.05, 0) is 51.8 Å². The summed E-state index contributed by atoms with van der Waals surface area (Å²) in [5.41, 5.74) is 8.64. The maximum atomic E-state index is 9.78. The number of rotatable bonds is 4. The van der Waals surface area contributed by atoms with Gasteiger partial charge in [-0.15, -0.1) is 0 Å². The fourth-order valence-corrected chi connectivity index (χ4v) is 4.37. The highest BCUT2D eigenvalue weighted by Gasteiger charge is 2.31. The van der Waals surface area contributed by atoms with Crippen molar-refractivity contribution in [1.82, 2.24) is 0 Å². The molecule has 0 amide bonds. The molecule has 3 N–H and O–H groups in total. The minimum Gasteiger partial charge on any atom is -0.508 e. The highest BCUT2D eigenvalue weighted by atomic mass is 79.9. The van der Waals surface area contributed by atoms with Crippen molar-refractivity contribution < 1.29 is 14.6 Å². The molecule has 0 spiro atoms. The van der Waals surface area contributed by atoms with Crippen molar-refractivity contribution in [3.63, 3.8) is 0 Å². The topological polar surface area (TPSA) is 88.5 Å². The van der Waals surface area contributed by atoms with Crippen LogP contribution in [0.1, 0.15) is 22.6 Å². The number of nitrogens with two attached hydrogens (primary N) is 1. The molecule has 1 aliphatic rings. The number of fused-ring (bicyclic) bond motifs is 1. The van der Waals surface area contributed by atoms with E-state index in [2.05, 4.69) is 22.0 Å². The van der Waals surface area contributed by atoms with Crippen LogP contribution in [0.3, 0.4) is 0 Å². The molecule has 8 heteroatoms. The lowest BCUT2D eigenvalue weighted by atomic mass is 9.83. The maximum Gasteiger partial charge on any atom is 0.205 e. The Kier molecular flexibility index (Phi) is 6.01. The van der Waals surface area contributed by atoms with E-state index in [0.717, 1.165) is 16.7 Å². The van der Waals surface area contributed by atoms with E-state index in [-0.39, 0.29) is 18.2 Å². The zero-order valence-corrected chi connectivity index (χ0v) is 19.0. The highest BCUT2D eigenvalue weighted by Crippen LogP contribution is 2.44. The van der Waals surface area contributed by atoms with Crippen molar-refractivity contribution in [3.8, 4) is 23.3 Å². The van der Waals surface area contributed by atoms with Gasteiger partial charge in [-0.25, -0.2) is 0 Å². The lowest BCUT2D eigenvalue weighted by Gasteiger charge is -2.26. The Morgan fingerprint density at radius 2 is 1.94 bits per heavy atom. The van der Waals surface area contributed by atoms with Crippen LogP contribution >= 0.6 is 39.1 Å². The van der Waals surface area contributed by atoms with Crippen molar-refractivity contribution in [2.24, 2.45) is 5.73 Å². The van der Waals surface area contributed by atoms with Crippen molar-refractivity contribution in [1.29, 1.82) is 5.26 Å². The summed E-state index contributed by atoms with van der Waals surface area (Å²) in [4.78, 5) is 0. The van der Waals surface area contributed by atoms with Crippen molar-refractivity contribution in [2.45, 2.75) is 12.5 Å². The van der Waals surface area contributed by atoms with E-state index < -0.39 is 5.92 Å². The van der Waals surface area contributed by atoms with Crippen LogP contribution in [0.2, 0.25) is 10.0 Å². The number of ether oxygens (including phenoxy) is 2. The number of nitrogens with zero attached hydrogens (tertiary/aromatic N) is 1. The molecular formula is C23H15BrCl2N2O3. The molecule has 1 atom stereocenters. The summed E-state index contributed by atoms with van der Waals surface area (Å²) in [6, 6.07) is 17.7. The van der Waals surface area contributed by atoms with Gasteiger partial charge in [0.05, 0.1) is 10.4 Å². The lowest BCUT2D eigenvalue weighted by Crippen LogP contribution is -2.21. The Morgan fingerprint density at radius 1 is 1.13 bits per heavy atom. The van der Waals surface area contributed by atoms with Crippen molar-refractivity contribution >= 4 is 39.1 Å². The first-order valence-corrected chi connectivity index (χ1v) is 10.7. The van der Waals surface area contributed by atoms with Crippen molar-refractivity contribution in [3.05, 3.63) is 97.3 Å². The van der Waals surface area contributed by atoms with Crippen LogP contribution < -0.4 is 15.2 Å². The zero-order chi connectivity index (χ0) is 22.1. The quantitative estimate of drug-likeness (QED) is 0.426. The predicted octanol–water partition coefficient (Wildman–Crippen LogP) is 6.26. The van der Waals surface area contributed by atoms with Gasteiger partial charge in [0.25, 0.3) is 0 Å². The molecule has 0 saturated heterocycles. The molecule has 156 valence electrons. The van der Waals surface area contributed by atoms with Crippen LogP contribution in [0.5, 0.6) is 17.2 Å². The molecule has 1 aliphatic heterocycles. The third-order valence-corrected chi connectivity index (χ3v) is 6.10. The van der Waals surface area contributed by atoms with Crippen LogP contribution in [-0.4, -0.2) is 5.11 Å². The first-order chi connectivity index (χ1) is 14.9. The van der Waals surface area contributed by atoms with E-state index in [4.69, 9.17) is 38.4 Å². The summed E-state index contributed by atoms with van der Waals surface area (Å²) in [5.74, 6) is 0.653. The molecule has 0 saturated carbocycles. The standard InChI is InChI=1S/C23H15BrCl2N2O3/c24-18-7-12(2-6-20(18)30-11-13-1-3-14(25)8-19(13)26)22-16-5-4-15(29)9-21(16)31-23(28)17(22)10-27/h1-9,22,29H,11,28H2/t22-/m0/s1. The number of phenolic OH excluding ortho intramolecular Hbond substituents is 1. The Hall–Kier alpha value is -2.85. The Balaban J connectivity index is 1.65. The molecule has 5 nitrogen and oxygen atoms in total. The molecule has 31 heavy (non-hydrogen) atoms. The van der Waals surface area contributed by atoms with Crippen LogP contribution in [-0.2, 0) is 6.61 Å². The normalized spacial score (nSPS) is 15.1. The molecule has 0 radical (unpaired) electrons. The van der Waals surface area contributed by atoms with Gasteiger partial charge in [-0.2, -0.15) is 5.26 Å². The average molecular weight is 518 g/mol. The second kappa shape index (κ2) is 8.72. The summed E-state index contributed by atoms with van der Waals surface area (Å²) in [5, 5.41) is 20.5. The van der Waals surface area contributed by atoms with E-state index in [1.165, 1.54) is 6.07 Å². The van der Waals surface area contributed by atoms with E-state index in [0.29, 0.717) is 31.6 Å². The van der Waals surface area contributed by atoms with E-state index in [1.807, 2.05) is 24.3 Å². The lowest BCUT2D eigenvalue weighted by molar-refractivity contribution is 0.304. The zero-order valence-electron chi connectivity index (χ0n) is 15.9. The summed E-state index contributed by atoms with van der Waals surface area (Å²) < 4.78 is 12.2. The summed E-state index contributed by atoms with van der Waals surface area (Å²) in [6.45, 7) is 0.267. The molecule has 0 aliphatic carbocycles. The maximum absolute atomic E-state index is 9.78. The highest BCUT2D eigenvalue weighted by molar-refractivity contribution is 9.10.